The van der Waals surface area contributed by atoms with Crippen molar-refractivity contribution in [2.45, 2.75) is 21.2 Å². The second kappa shape index (κ2) is 4.05. The first-order chi connectivity index (χ1) is 6.16. The van der Waals surface area contributed by atoms with E-state index in [2.05, 4.69) is 52.9 Å². The molecule has 1 aromatic rings. The van der Waals surface area contributed by atoms with Gasteiger partial charge in [0.1, 0.15) is 0 Å². The number of aliphatic hydroxyl groups is 1. The Balaban J connectivity index is 3.22. The van der Waals surface area contributed by atoms with Gasteiger partial charge in [0.15, 0.2) is 2.14 Å². The Bertz CT molecular complexity index is 345. The lowest BCUT2D eigenvalue weighted by atomic mass is 10.4. The maximum absolute atomic E-state index is 10.0. The van der Waals surface area contributed by atoms with Gasteiger partial charge in [-0.15, -0.1) is 0 Å². The summed E-state index contributed by atoms with van der Waals surface area (Å²) >= 11 is 15.5. The zero-order chi connectivity index (χ0) is 11.1. The summed E-state index contributed by atoms with van der Waals surface area (Å²) in [4.78, 5) is 0. The molecule has 14 heavy (non-hydrogen) atoms. The van der Waals surface area contributed by atoms with Crippen LogP contribution in [0.3, 0.4) is 0 Å². The molecule has 1 atom stereocenters. The number of alkyl halides is 4. The van der Waals surface area contributed by atoms with Gasteiger partial charge in [0.2, 0.25) is 0 Å². The summed E-state index contributed by atoms with van der Waals surface area (Å²) in [6, 6.07) is 1.83. The summed E-state index contributed by atoms with van der Waals surface area (Å²) in [5.74, 6) is 0. The fraction of sp³-hybridized carbons (Fsp3) is 0.571. The molecule has 0 saturated heterocycles. The minimum absolute atomic E-state index is 0.766. The van der Waals surface area contributed by atoms with Crippen LogP contribution in [0.1, 0.15) is 11.4 Å². The van der Waals surface area contributed by atoms with Gasteiger partial charge in [0.25, 0.3) is 5.18 Å². The van der Waals surface area contributed by atoms with Gasteiger partial charge in [0, 0.05) is 5.69 Å². The van der Waals surface area contributed by atoms with Crippen LogP contribution in [0.4, 0.5) is 0 Å². The van der Waals surface area contributed by atoms with Crippen molar-refractivity contribution in [3.8, 4) is 0 Å². The number of hydrogen-bond acceptors (Lipinski definition) is 2. The SMILES string of the molecule is Cc1cc(C)n(C(O)(Cl)C(Br)(Br)Br)n1. The fourth-order valence-corrected chi connectivity index (χ4v) is 1.72. The standard InChI is InChI=1S/C7H8Br3ClN2O/c1-4-3-5(2)13(12-4)7(11,14)6(8,9)10/h3,14H,1-2H3. The summed E-state index contributed by atoms with van der Waals surface area (Å²) in [5.41, 5.74) is 1.56. The quantitative estimate of drug-likeness (QED) is 0.721. The Morgan fingerprint density at radius 2 is 1.93 bits per heavy atom. The van der Waals surface area contributed by atoms with Crippen LogP contribution < -0.4 is 0 Å². The molecular weight excluding hydrogens is 403 g/mol. The van der Waals surface area contributed by atoms with E-state index in [0.29, 0.717) is 0 Å². The third-order valence-corrected chi connectivity index (χ3v) is 4.44. The molecule has 0 aliphatic heterocycles. The van der Waals surface area contributed by atoms with Gasteiger partial charge in [-0.25, -0.2) is 4.68 Å². The van der Waals surface area contributed by atoms with Crippen molar-refractivity contribution in [1.29, 1.82) is 0 Å². The van der Waals surface area contributed by atoms with Crippen molar-refractivity contribution >= 4 is 59.4 Å². The van der Waals surface area contributed by atoms with E-state index < -0.39 is 7.33 Å². The van der Waals surface area contributed by atoms with Crippen molar-refractivity contribution in [2.24, 2.45) is 0 Å². The molecule has 0 bridgehead atoms. The smallest absolute Gasteiger partial charge is 0.272 e. The van der Waals surface area contributed by atoms with E-state index in [1.165, 1.54) is 4.68 Å². The Labute approximate surface area is 112 Å². The van der Waals surface area contributed by atoms with Crippen LogP contribution >= 0.6 is 59.4 Å². The molecule has 7 heteroatoms. The number of aryl methyl sites for hydroxylation is 2. The molecule has 0 aliphatic rings. The zero-order valence-corrected chi connectivity index (χ0v) is 12.9. The van der Waals surface area contributed by atoms with E-state index in [-0.39, 0.29) is 0 Å². The van der Waals surface area contributed by atoms with E-state index >= 15 is 0 Å². The summed E-state index contributed by atoms with van der Waals surface area (Å²) in [5, 5.41) is 12.4. The molecule has 0 amide bonds. The molecule has 1 heterocycles. The molecule has 0 radical (unpaired) electrons. The molecule has 0 aromatic carbocycles. The summed E-state index contributed by atoms with van der Waals surface area (Å²) in [7, 11) is 0. The van der Waals surface area contributed by atoms with Crippen LogP contribution in [0.25, 0.3) is 0 Å². The van der Waals surface area contributed by atoms with Gasteiger partial charge in [-0.3, -0.25) is 0 Å². The van der Waals surface area contributed by atoms with Gasteiger partial charge in [-0.2, -0.15) is 5.10 Å². The van der Waals surface area contributed by atoms with Crippen LogP contribution in [0, 0.1) is 13.8 Å². The molecule has 0 saturated carbocycles. The monoisotopic (exact) mass is 408 g/mol. The maximum Gasteiger partial charge on any atom is 0.272 e. The van der Waals surface area contributed by atoms with Crippen molar-refractivity contribution in [3.05, 3.63) is 17.5 Å². The minimum Gasteiger partial charge on any atom is -0.355 e. The first-order valence-electron chi connectivity index (χ1n) is 3.68. The lowest BCUT2D eigenvalue weighted by Gasteiger charge is -2.30. The second-order valence-electron chi connectivity index (χ2n) is 2.92. The van der Waals surface area contributed by atoms with E-state index in [9.17, 15) is 5.11 Å². The summed E-state index contributed by atoms with van der Waals surface area (Å²) in [6.07, 6.45) is 0. The van der Waals surface area contributed by atoms with Crippen molar-refractivity contribution in [2.75, 3.05) is 0 Å². The van der Waals surface area contributed by atoms with Crippen LogP contribution in [0.2, 0.25) is 0 Å². The normalized spacial score (nSPS) is 16.8. The molecule has 0 fully saturated rings. The minimum atomic E-state index is -1.73. The fourth-order valence-electron chi connectivity index (χ4n) is 1.05. The van der Waals surface area contributed by atoms with Gasteiger partial charge >= 0.3 is 0 Å². The second-order valence-corrected chi connectivity index (χ2v) is 10.2. The van der Waals surface area contributed by atoms with Crippen LogP contribution in [0.5, 0.6) is 0 Å². The molecule has 3 nitrogen and oxygen atoms in total. The van der Waals surface area contributed by atoms with E-state index in [1.807, 2.05) is 19.9 Å². The Hall–Kier alpha value is 0.900. The zero-order valence-electron chi connectivity index (χ0n) is 7.43. The Morgan fingerprint density at radius 3 is 2.21 bits per heavy atom. The Morgan fingerprint density at radius 1 is 1.43 bits per heavy atom. The molecule has 80 valence electrons. The average molecular weight is 411 g/mol. The van der Waals surface area contributed by atoms with Gasteiger partial charge in [-0.1, -0.05) is 59.4 Å². The van der Waals surface area contributed by atoms with Crippen molar-refractivity contribution in [3.63, 3.8) is 0 Å². The lowest BCUT2D eigenvalue weighted by molar-refractivity contribution is 0.0518. The molecule has 1 unspecified atom stereocenters. The third-order valence-electron chi connectivity index (χ3n) is 1.65. The number of hydrogen-bond donors (Lipinski definition) is 1. The number of rotatable bonds is 1. The number of halogens is 4. The molecule has 1 N–H and O–H groups in total. The predicted molar refractivity (Wildman–Crippen MR) is 67.3 cm³/mol. The largest absolute Gasteiger partial charge is 0.355 e. The first kappa shape index (κ1) is 13.0. The van der Waals surface area contributed by atoms with Crippen LogP contribution in [-0.4, -0.2) is 17.0 Å². The van der Waals surface area contributed by atoms with E-state index in [1.54, 1.807) is 0 Å². The number of nitrogens with zero attached hydrogens (tertiary/aromatic N) is 2. The summed E-state index contributed by atoms with van der Waals surface area (Å²) < 4.78 is 0.285. The van der Waals surface area contributed by atoms with Crippen molar-refractivity contribution in [1.82, 2.24) is 9.78 Å². The molecule has 0 spiro atoms. The van der Waals surface area contributed by atoms with E-state index in [4.69, 9.17) is 11.6 Å². The van der Waals surface area contributed by atoms with E-state index in [0.717, 1.165) is 11.4 Å². The van der Waals surface area contributed by atoms with Crippen LogP contribution in [-0.2, 0) is 5.18 Å². The van der Waals surface area contributed by atoms with Crippen LogP contribution in [0.15, 0.2) is 6.07 Å². The molecular formula is C7H8Br3ClN2O. The van der Waals surface area contributed by atoms with Gasteiger partial charge in [-0.05, 0) is 19.9 Å². The van der Waals surface area contributed by atoms with Crippen molar-refractivity contribution < 1.29 is 5.11 Å². The highest BCUT2D eigenvalue weighted by Crippen LogP contribution is 2.49. The molecule has 0 aliphatic carbocycles. The molecule has 1 aromatic heterocycles. The third kappa shape index (κ3) is 2.35. The summed E-state index contributed by atoms with van der Waals surface area (Å²) in [6.45, 7) is 3.64. The Kier molecular flexibility index (Phi) is 3.75. The lowest BCUT2D eigenvalue weighted by Crippen LogP contribution is -2.40. The maximum atomic E-state index is 10.0. The highest BCUT2D eigenvalue weighted by molar-refractivity contribution is 9.39. The number of aromatic nitrogens is 2. The van der Waals surface area contributed by atoms with Gasteiger partial charge < -0.3 is 5.11 Å². The first-order valence-corrected chi connectivity index (χ1v) is 6.43. The predicted octanol–water partition coefficient (Wildman–Crippen LogP) is 3.18. The topological polar surface area (TPSA) is 38.0 Å². The van der Waals surface area contributed by atoms with Gasteiger partial charge in [0.05, 0.1) is 5.69 Å². The average Bonchev–Trinajstić information content (AvgIpc) is 2.27. The molecule has 1 rings (SSSR count). The highest BCUT2D eigenvalue weighted by Gasteiger charge is 2.47. The highest BCUT2D eigenvalue weighted by atomic mass is 80.0.